The fraction of sp³-hybridized carbons (Fsp3) is 0.200. The summed E-state index contributed by atoms with van der Waals surface area (Å²) in [4.78, 5) is 13.2. The molecule has 2 aromatic rings. The van der Waals surface area contributed by atoms with E-state index < -0.39 is 11.7 Å². The van der Waals surface area contributed by atoms with Crippen LogP contribution in [0.3, 0.4) is 0 Å². The topological polar surface area (TPSA) is 64.9 Å². The Morgan fingerprint density at radius 3 is 3.00 bits per heavy atom. The van der Waals surface area contributed by atoms with Gasteiger partial charge in [0, 0.05) is 11.4 Å². The molecule has 1 aromatic heterocycles. The Bertz CT molecular complexity index is 748. The number of nitrogens with zero attached hydrogens (tertiary/aromatic N) is 1. The van der Waals surface area contributed by atoms with E-state index in [-0.39, 0.29) is 5.56 Å². The maximum Gasteiger partial charge on any atom is 0.259 e. The Kier molecular flexibility index (Phi) is 3.69. The van der Waals surface area contributed by atoms with Crippen molar-refractivity contribution in [3.05, 3.63) is 51.7 Å². The quantitative estimate of drug-likeness (QED) is 0.896. The number of thiophene rings is 1. The number of nitrogens with one attached hydrogen (secondary N) is 2. The highest BCUT2D eigenvalue weighted by Crippen LogP contribution is 2.35. The molecule has 2 N–H and O–H groups in total. The number of rotatable bonds is 2. The first-order valence-corrected chi connectivity index (χ1v) is 7.33. The summed E-state index contributed by atoms with van der Waals surface area (Å²) in [5.74, 6) is -1.10. The molecule has 6 heteroatoms. The second-order valence-electron chi connectivity index (χ2n) is 4.68. The van der Waals surface area contributed by atoms with Crippen LogP contribution in [0.1, 0.15) is 26.4 Å². The van der Waals surface area contributed by atoms with Gasteiger partial charge in [-0.05, 0) is 30.7 Å². The number of carbonyl (C=O) groups excluding carboxylic acids is 1. The maximum atomic E-state index is 13.6. The predicted molar refractivity (Wildman–Crippen MR) is 78.8 cm³/mol. The molecule has 0 atom stereocenters. The van der Waals surface area contributed by atoms with E-state index >= 15 is 0 Å². The lowest BCUT2D eigenvalue weighted by atomic mass is 10.0. The zero-order valence-corrected chi connectivity index (χ0v) is 11.9. The second kappa shape index (κ2) is 5.64. The lowest BCUT2D eigenvalue weighted by Gasteiger charge is -2.11. The first-order valence-electron chi connectivity index (χ1n) is 6.52. The molecule has 1 amide bonds. The number of nitriles is 1. The van der Waals surface area contributed by atoms with E-state index in [4.69, 9.17) is 0 Å². The van der Waals surface area contributed by atoms with Crippen LogP contribution in [0.25, 0.3) is 0 Å². The third-order valence-electron chi connectivity index (χ3n) is 3.39. The average molecular weight is 301 g/mol. The van der Waals surface area contributed by atoms with Crippen molar-refractivity contribution >= 4 is 22.2 Å². The highest BCUT2D eigenvalue weighted by molar-refractivity contribution is 7.16. The summed E-state index contributed by atoms with van der Waals surface area (Å²) in [5.41, 5.74) is 1.47. The van der Waals surface area contributed by atoms with E-state index in [1.54, 1.807) is 6.07 Å². The van der Waals surface area contributed by atoms with Gasteiger partial charge in [-0.3, -0.25) is 4.79 Å². The summed E-state index contributed by atoms with van der Waals surface area (Å²) in [6, 6.07) is 7.95. The SMILES string of the molecule is N#Cc1c(NC(=O)c2ccccc2F)sc2c1CCNC2. The van der Waals surface area contributed by atoms with E-state index in [1.165, 1.54) is 29.5 Å². The van der Waals surface area contributed by atoms with Crippen LogP contribution in [0, 0.1) is 17.1 Å². The molecule has 0 bridgehead atoms. The van der Waals surface area contributed by atoms with Gasteiger partial charge in [-0.2, -0.15) is 5.26 Å². The van der Waals surface area contributed by atoms with Crippen LogP contribution in [-0.2, 0) is 13.0 Å². The lowest BCUT2D eigenvalue weighted by Crippen LogP contribution is -2.22. The minimum absolute atomic E-state index is 0.0223. The second-order valence-corrected chi connectivity index (χ2v) is 5.79. The molecule has 0 aliphatic carbocycles. The molecule has 2 heterocycles. The highest BCUT2D eigenvalue weighted by atomic mass is 32.1. The Morgan fingerprint density at radius 1 is 1.43 bits per heavy atom. The van der Waals surface area contributed by atoms with Gasteiger partial charge in [0.2, 0.25) is 0 Å². The van der Waals surface area contributed by atoms with Gasteiger partial charge in [0.05, 0.1) is 11.1 Å². The van der Waals surface area contributed by atoms with Gasteiger partial charge < -0.3 is 10.6 Å². The standard InChI is InChI=1S/C15H12FN3OS/c16-12-4-2-1-3-10(12)14(20)19-15-11(7-17)9-5-6-18-8-13(9)21-15/h1-4,18H,5-6,8H2,(H,19,20). The minimum atomic E-state index is -0.573. The zero-order chi connectivity index (χ0) is 14.8. The van der Waals surface area contributed by atoms with E-state index in [2.05, 4.69) is 16.7 Å². The first-order chi connectivity index (χ1) is 10.2. The van der Waals surface area contributed by atoms with Gasteiger partial charge in [-0.15, -0.1) is 11.3 Å². The zero-order valence-electron chi connectivity index (χ0n) is 11.1. The summed E-state index contributed by atoms with van der Waals surface area (Å²) in [6.07, 6.45) is 0.768. The number of hydrogen-bond donors (Lipinski definition) is 2. The molecule has 4 nitrogen and oxygen atoms in total. The smallest absolute Gasteiger partial charge is 0.259 e. The van der Waals surface area contributed by atoms with E-state index in [1.807, 2.05) is 0 Å². The molecule has 0 saturated heterocycles. The van der Waals surface area contributed by atoms with Crippen molar-refractivity contribution < 1.29 is 9.18 Å². The normalized spacial score (nSPS) is 13.3. The van der Waals surface area contributed by atoms with Gasteiger partial charge >= 0.3 is 0 Å². The Hall–Kier alpha value is -2.23. The molecule has 0 saturated carbocycles. The summed E-state index contributed by atoms with van der Waals surface area (Å²) in [6.45, 7) is 1.52. The molecule has 1 aliphatic rings. The van der Waals surface area contributed by atoms with Crippen molar-refractivity contribution in [1.82, 2.24) is 5.32 Å². The number of fused-ring (bicyclic) bond motifs is 1. The number of benzene rings is 1. The summed E-state index contributed by atoms with van der Waals surface area (Å²) >= 11 is 1.38. The van der Waals surface area contributed by atoms with Crippen LogP contribution in [-0.4, -0.2) is 12.5 Å². The Morgan fingerprint density at radius 2 is 2.24 bits per heavy atom. The summed E-state index contributed by atoms with van der Waals surface area (Å²) < 4.78 is 13.6. The number of halogens is 1. The van der Waals surface area contributed by atoms with E-state index in [9.17, 15) is 14.4 Å². The molecule has 0 radical (unpaired) electrons. The molecule has 106 valence electrons. The Labute approximate surface area is 125 Å². The highest BCUT2D eigenvalue weighted by Gasteiger charge is 2.22. The van der Waals surface area contributed by atoms with Crippen LogP contribution in [0.5, 0.6) is 0 Å². The van der Waals surface area contributed by atoms with Crippen molar-refractivity contribution in [2.24, 2.45) is 0 Å². The summed E-state index contributed by atoms with van der Waals surface area (Å²) in [5, 5.41) is 15.7. The monoisotopic (exact) mass is 301 g/mol. The molecule has 1 aliphatic heterocycles. The van der Waals surface area contributed by atoms with Gasteiger partial charge in [0.15, 0.2) is 0 Å². The number of hydrogen-bond acceptors (Lipinski definition) is 4. The molecule has 21 heavy (non-hydrogen) atoms. The fourth-order valence-electron chi connectivity index (χ4n) is 2.36. The van der Waals surface area contributed by atoms with Gasteiger partial charge in [0.25, 0.3) is 5.91 Å². The summed E-state index contributed by atoms with van der Waals surface area (Å²) in [7, 11) is 0. The van der Waals surface area contributed by atoms with Gasteiger partial charge in [-0.1, -0.05) is 12.1 Å². The number of carbonyl (C=O) groups is 1. The van der Waals surface area contributed by atoms with Crippen molar-refractivity contribution in [3.8, 4) is 6.07 Å². The van der Waals surface area contributed by atoms with Gasteiger partial charge in [0.1, 0.15) is 16.9 Å². The van der Waals surface area contributed by atoms with E-state index in [0.29, 0.717) is 17.1 Å². The minimum Gasteiger partial charge on any atom is -0.312 e. The molecule has 1 aromatic carbocycles. The van der Waals surface area contributed by atoms with Crippen LogP contribution >= 0.6 is 11.3 Å². The van der Waals surface area contributed by atoms with Crippen molar-refractivity contribution in [2.75, 3.05) is 11.9 Å². The first kappa shape index (κ1) is 13.7. The van der Waals surface area contributed by atoms with Gasteiger partial charge in [-0.25, -0.2) is 4.39 Å². The fourth-order valence-corrected chi connectivity index (χ4v) is 3.52. The Balaban J connectivity index is 1.92. The lowest BCUT2D eigenvalue weighted by molar-refractivity contribution is 0.102. The molecule has 0 unspecified atom stereocenters. The number of amides is 1. The third kappa shape index (κ3) is 2.53. The molecule has 3 rings (SSSR count). The van der Waals surface area contributed by atoms with Crippen LogP contribution < -0.4 is 10.6 Å². The number of anilines is 1. The molecular formula is C15H12FN3OS. The van der Waals surface area contributed by atoms with Crippen LogP contribution in [0.15, 0.2) is 24.3 Å². The van der Waals surface area contributed by atoms with Crippen molar-refractivity contribution in [3.63, 3.8) is 0 Å². The largest absolute Gasteiger partial charge is 0.312 e. The molecule has 0 spiro atoms. The predicted octanol–water partition coefficient (Wildman–Crippen LogP) is 2.66. The van der Waals surface area contributed by atoms with E-state index in [0.717, 1.165) is 23.4 Å². The van der Waals surface area contributed by atoms with Crippen molar-refractivity contribution in [2.45, 2.75) is 13.0 Å². The van der Waals surface area contributed by atoms with Crippen LogP contribution in [0.4, 0.5) is 9.39 Å². The molecule has 0 fully saturated rings. The van der Waals surface area contributed by atoms with Crippen molar-refractivity contribution in [1.29, 1.82) is 5.26 Å². The third-order valence-corrected chi connectivity index (χ3v) is 4.53. The average Bonchev–Trinajstić information content (AvgIpc) is 2.84. The molecular weight excluding hydrogens is 289 g/mol. The maximum absolute atomic E-state index is 13.6. The van der Waals surface area contributed by atoms with Crippen LogP contribution in [0.2, 0.25) is 0 Å².